The van der Waals surface area contributed by atoms with Gasteiger partial charge in [-0.3, -0.25) is 4.79 Å². The van der Waals surface area contributed by atoms with Crippen LogP contribution < -0.4 is 4.72 Å². The summed E-state index contributed by atoms with van der Waals surface area (Å²) in [5.41, 5.74) is 1.50. The average Bonchev–Trinajstić information content (AvgIpc) is 2.31. The monoisotopic (exact) mass is 299 g/mol. The standard InChI is InChI=1S/C14H21NO4S/c1-4-5-12(9-14(16)17)15-20(18,19)13-8-10(2)6-7-11(13)3/h6-8,12,15H,4-5,9H2,1-3H3,(H,16,17). The fourth-order valence-electron chi connectivity index (χ4n) is 2.04. The second kappa shape index (κ2) is 6.85. The zero-order valence-electron chi connectivity index (χ0n) is 12.0. The molecule has 1 unspecified atom stereocenters. The van der Waals surface area contributed by atoms with Crippen LogP contribution in [0.3, 0.4) is 0 Å². The zero-order chi connectivity index (χ0) is 15.3. The van der Waals surface area contributed by atoms with Gasteiger partial charge in [-0.15, -0.1) is 0 Å². The Labute approximate surface area is 120 Å². The number of sulfonamides is 1. The highest BCUT2D eigenvalue weighted by atomic mass is 32.2. The van der Waals surface area contributed by atoms with Gasteiger partial charge in [0.1, 0.15) is 0 Å². The van der Waals surface area contributed by atoms with Crippen LogP contribution in [0.25, 0.3) is 0 Å². The number of rotatable bonds is 7. The Bertz CT molecular complexity index is 581. The Morgan fingerprint density at radius 2 is 2.00 bits per heavy atom. The molecule has 0 aromatic heterocycles. The van der Waals surface area contributed by atoms with Gasteiger partial charge in [-0.1, -0.05) is 25.5 Å². The highest BCUT2D eigenvalue weighted by Crippen LogP contribution is 2.18. The summed E-state index contributed by atoms with van der Waals surface area (Å²) in [7, 11) is -3.69. The normalized spacial score (nSPS) is 13.2. The maximum atomic E-state index is 12.4. The van der Waals surface area contributed by atoms with Crippen LogP contribution in [-0.2, 0) is 14.8 Å². The quantitative estimate of drug-likeness (QED) is 0.808. The first-order valence-electron chi connectivity index (χ1n) is 6.57. The van der Waals surface area contributed by atoms with Crippen molar-refractivity contribution in [3.8, 4) is 0 Å². The van der Waals surface area contributed by atoms with E-state index < -0.39 is 22.0 Å². The molecule has 0 amide bonds. The molecule has 112 valence electrons. The van der Waals surface area contributed by atoms with Gasteiger partial charge in [0.15, 0.2) is 0 Å². The summed E-state index contributed by atoms with van der Waals surface area (Å²) < 4.78 is 27.2. The number of carboxylic acids is 1. The maximum absolute atomic E-state index is 12.4. The summed E-state index contributed by atoms with van der Waals surface area (Å²) >= 11 is 0. The van der Waals surface area contributed by atoms with E-state index in [4.69, 9.17) is 5.11 Å². The summed E-state index contributed by atoms with van der Waals surface area (Å²) in [6.07, 6.45) is 1.00. The molecule has 0 fully saturated rings. The number of nitrogens with one attached hydrogen (secondary N) is 1. The third kappa shape index (κ3) is 4.61. The molecule has 6 heteroatoms. The Morgan fingerprint density at radius 3 is 2.55 bits per heavy atom. The molecule has 0 heterocycles. The molecule has 0 saturated heterocycles. The molecule has 1 rings (SSSR count). The lowest BCUT2D eigenvalue weighted by atomic mass is 10.1. The van der Waals surface area contributed by atoms with Crippen molar-refractivity contribution in [1.82, 2.24) is 4.72 Å². The van der Waals surface area contributed by atoms with Crippen LogP contribution in [0.1, 0.15) is 37.3 Å². The van der Waals surface area contributed by atoms with E-state index in [2.05, 4.69) is 4.72 Å². The largest absolute Gasteiger partial charge is 0.481 e. The molecule has 0 aliphatic rings. The van der Waals surface area contributed by atoms with E-state index in [0.29, 0.717) is 18.4 Å². The molecule has 1 aromatic rings. The zero-order valence-corrected chi connectivity index (χ0v) is 12.8. The van der Waals surface area contributed by atoms with Gasteiger partial charge in [0.2, 0.25) is 10.0 Å². The summed E-state index contributed by atoms with van der Waals surface area (Å²) in [5, 5.41) is 8.84. The van der Waals surface area contributed by atoms with Crippen LogP contribution in [0.5, 0.6) is 0 Å². The topological polar surface area (TPSA) is 83.5 Å². The molecule has 20 heavy (non-hydrogen) atoms. The smallest absolute Gasteiger partial charge is 0.304 e. The van der Waals surface area contributed by atoms with Gasteiger partial charge in [-0.05, 0) is 37.5 Å². The number of carbonyl (C=O) groups is 1. The predicted molar refractivity (Wildman–Crippen MR) is 77.2 cm³/mol. The highest BCUT2D eigenvalue weighted by molar-refractivity contribution is 7.89. The molecule has 5 nitrogen and oxygen atoms in total. The van der Waals surface area contributed by atoms with Crippen molar-refractivity contribution in [3.63, 3.8) is 0 Å². The predicted octanol–water partition coefficient (Wildman–Crippen LogP) is 2.23. The molecular weight excluding hydrogens is 278 g/mol. The fourth-order valence-corrected chi connectivity index (χ4v) is 3.64. The van der Waals surface area contributed by atoms with Crippen LogP contribution in [-0.4, -0.2) is 25.5 Å². The number of benzene rings is 1. The first-order chi connectivity index (χ1) is 9.26. The first kappa shape index (κ1) is 16.7. The molecule has 0 aliphatic carbocycles. The number of aryl methyl sites for hydroxylation is 2. The third-order valence-electron chi connectivity index (χ3n) is 3.01. The molecule has 0 saturated carbocycles. The van der Waals surface area contributed by atoms with E-state index in [9.17, 15) is 13.2 Å². The van der Waals surface area contributed by atoms with Crippen molar-refractivity contribution in [1.29, 1.82) is 0 Å². The molecule has 0 radical (unpaired) electrons. The van der Waals surface area contributed by atoms with Crippen LogP contribution in [0.4, 0.5) is 0 Å². The summed E-state index contributed by atoms with van der Waals surface area (Å²) in [6, 6.07) is 4.61. The minimum atomic E-state index is -3.69. The van der Waals surface area contributed by atoms with E-state index in [1.165, 1.54) is 0 Å². The highest BCUT2D eigenvalue weighted by Gasteiger charge is 2.23. The number of carboxylic acid groups (broad SMARTS) is 1. The van der Waals surface area contributed by atoms with E-state index >= 15 is 0 Å². The summed E-state index contributed by atoms with van der Waals surface area (Å²) in [4.78, 5) is 11.0. The first-order valence-corrected chi connectivity index (χ1v) is 8.06. The van der Waals surface area contributed by atoms with E-state index in [-0.39, 0.29) is 11.3 Å². The van der Waals surface area contributed by atoms with Gasteiger partial charge in [0.05, 0.1) is 11.3 Å². The summed E-state index contributed by atoms with van der Waals surface area (Å²) in [5.74, 6) is -1.01. The average molecular weight is 299 g/mol. The van der Waals surface area contributed by atoms with Crippen molar-refractivity contribution in [2.45, 2.75) is 51.0 Å². The maximum Gasteiger partial charge on any atom is 0.304 e. The van der Waals surface area contributed by atoms with Gasteiger partial charge in [-0.25, -0.2) is 13.1 Å². The van der Waals surface area contributed by atoms with Crippen LogP contribution in [0, 0.1) is 13.8 Å². The molecule has 1 aromatic carbocycles. The van der Waals surface area contributed by atoms with Gasteiger partial charge in [-0.2, -0.15) is 0 Å². The number of aliphatic carboxylic acids is 1. The molecule has 0 spiro atoms. The number of hydrogen-bond donors (Lipinski definition) is 2. The minimum absolute atomic E-state index is 0.210. The van der Waals surface area contributed by atoms with E-state index in [1.54, 1.807) is 19.1 Å². The van der Waals surface area contributed by atoms with Gasteiger partial charge in [0.25, 0.3) is 0 Å². The molecule has 0 aliphatic heterocycles. The lowest BCUT2D eigenvalue weighted by Crippen LogP contribution is -2.36. The van der Waals surface area contributed by atoms with Crippen molar-refractivity contribution in [2.24, 2.45) is 0 Å². The van der Waals surface area contributed by atoms with Crippen LogP contribution in [0.15, 0.2) is 23.1 Å². The Kier molecular flexibility index (Phi) is 5.71. The second-order valence-corrected chi connectivity index (χ2v) is 6.66. The Hall–Kier alpha value is -1.40. The van der Waals surface area contributed by atoms with Crippen molar-refractivity contribution >= 4 is 16.0 Å². The fraction of sp³-hybridized carbons (Fsp3) is 0.500. The van der Waals surface area contributed by atoms with Crippen molar-refractivity contribution < 1.29 is 18.3 Å². The van der Waals surface area contributed by atoms with Gasteiger partial charge >= 0.3 is 5.97 Å². The molecule has 1 atom stereocenters. The van der Waals surface area contributed by atoms with Gasteiger partial charge < -0.3 is 5.11 Å². The Balaban J connectivity index is 3.02. The molecule has 0 bridgehead atoms. The third-order valence-corrected chi connectivity index (χ3v) is 4.68. The van der Waals surface area contributed by atoms with Crippen LogP contribution in [0.2, 0.25) is 0 Å². The molecular formula is C14H21NO4S. The number of hydrogen-bond acceptors (Lipinski definition) is 3. The second-order valence-electron chi connectivity index (χ2n) is 4.97. The Morgan fingerprint density at radius 1 is 1.35 bits per heavy atom. The minimum Gasteiger partial charge on any atom is -0.481 e. The van der Waals surface area contributed by atoms with E-state index in [1.807, 2.05) is 19.9 Å². The SMILES string of the molecule is CCCC(CC(=O)O)NS(=O)(=O)c1cc(C)ccc1C. The molecule has 2 N–H and O–H groups in total. The lowest BCUT2D eigenvalue weighted by Gasteiger charge is -2.17. The van der Waals surface area contributed by atoms with Crippen molar-refractivity contribution in [3.05, 3.63) is 29.3 Å². The van der Waals surface area contributed by atoms with E-state index in [0.717, 1.165) is 5.56 Å². The van der Waals surface area contributed by atoms with Crippen molar-refractivity contribution in [2.75, 3.05) is 0 Å². The lowest BCUT2D eigenvalue weighted by molar-refractivity contribution is -0.137. The van der Waals surface area contributed by atoms with Gasteiger partial charge in [0, 0.05) is 6.04 Å². The summed E-state index contributed by atoms with van der Waals surface area (Å²) in [6.45, 7) is 5.43. The van der Waals surface area contributed by atoms with Crippen LogP contribution >= 0.6 is 0 Å².